The van der Waals surface area contributed by atoms with Crippen molar-refractivity contribution in [1.29, 1.82) is 0 Å². The quantitative estimate of drug-likeness (QED) is 0.175. The number of aromatic nitrogens is 3. The Morgan fingerprint density at radius 1 is 0.600 bits per heavy atom. The molecule has 6 heteroatoms. The summed E-state index contributed by atoms with van der Waals surface area (Å²) in [6.07, 6.45) is 1.84. The van der Waals surface area contributed by atoms with Crippen LogP contribution in [-0.2, 0) is 31.9 Å². The fraction of sp³-hybridized carbons (Fsp3) is 0.148. The summed E-state index contributed by atoms with van der Waals surface area (Å²) in [5.74, 6) is 0.827. The van der Waals surface area contributed by atoms with Crippen molar-refractivity contribution in [2.45, 2.75) is 52.4 Å². The SMILES string of the molecule is CC(C)(C)c1cc(-c2cc3c(cn2)oc2c4ccccc4ccc32)[c-]c(-c2cccc3c2nc(-c2ccccc2O)n3-c2ccc(C(C)(C)C)cc2-c2ccccc2)c1.[Pt]. The maximum atomic E-state index is 11.4. The van der Waals surface area contributed by atoms with Gasteiger partial charge in [0.1, 0.15) is 17.2 Å². The van der Waals surface area contributed by atoms with E-state index in [-0.39, 0.29) is 37.6 Å². The van der Waals surface area contributed by atoms with Crippen molar-refractivity contribution >= 4 is 43.7 Å². The summed E-state index contributed by atoms with van der Waals surface area (Å²) in [7, 11) is 0. The molecule has 10 rings (SSSR count). The number of hydrogen-bond donors (Lipinski definition) is 1. The number of pyridine rings is 1. The van der Waals surface area contributed by atoms with Gasteiger partial charge in [-0.05, 0) is 63.7 Å². The topological polar surface area (TPSA) is 64.1 Å². The number of benzene rings is 7. The first-order valence-corrected chi connectivity index (χ1v) is 20.2. The van der Waals surface area contributed by atoms with Gasteiger partial charge in [0.2, 0.25) is 0 Å². The Hall–Kier alpha value is -6.29. The van der Waals surface area contributed by atoms with E-state index in [0.29, 0.717) is 11.4 Å². The molecule has 10 aromatic rings. The molecule has 3 heterocycles. The van der Waals surface area contributed by atoms with Gasteiger partial charge in [-0.1, -0.05) is 150 Å². The molecule has 0 radical (unpaired) electrons. The van der Waals surface area contributed by atoms with Gasteiger partial charge >= 0.3 is 0 Å². The Kier molecular flexibility index (Phi) is 9.64. The van der Waals surface area contributed by atoms with Gasteiger partial charge in [-0.2, -0.15) is 0 Å². The van der Waals surface area contributed by atoms with Crippen LogP contribution in [0.4, 0.5) is 0 Å². The molecule has 0 spiro atoms. The molecule has 0 saturated heterocycles. The molecule has 0 aliphatic carbocycles. The monoisotopic (exact) mass is 961 g/mol. The van der Waals surface area contributed by atoms with Crippen LogP contribution in [0.15, 0.2) is 156 Å². The van der Waals surface area contributed by atoms with Gasteiger partial charge in [0, 0.05) is 48.5 Å². The zero-order valence-electron chi connectivity index (χ0n) is 34.4. The molecule has 0 unspecified atom stereocenters. The molecule has 3 aromatic heterocycles. The van der Waals surface area contributed by atoms with E-state index in [1.54, 1.807) is 6.07 Å². The number of fused-ring (bicyclic) bond motifs is 6. The van der Waals surface area contributed by atoms with Crippen molar-refractivity contribution in [2.24, 2.45) is 0 Å². The summed E-state index contributed by atoms with van der Waals surface area (Å²) >= 11 is 0. The van der Waals surface area contributed by atoms with E-state index >= 15 is 0 Å². The Labute approximate surface area is 364 Å². The molecule has 60 heavy (non-hydrogen) atoms. The van der Waals surface area contributed by atoms with Gasteiger partial charge in [0.05, 0.1) is 28.5 Å². The first-order valence-electron chi connectivity index (χ1n) is 20.2. The molecule has 0 atom stereocenters. The standard InChI is InChI=1S/C54H44N3O2.Pt/c1-53(2,3)37-24-26-46(43(30-37)33-15-8-7-9-16-33)57-47-21-14-20-39(50(47)56-52(57)42-19-12-13-22-48(42)58)35-27-36(29-38(28-35)54(4,5)6)45-31-44-41-25-23-34-17-10-11-18-40(34)51(41)59-49(44)32-55-45;/h7-26,28-32,58H,1-6H3;/q-1;. The Morgan fingerprint density at radius 2 is 1.32 bits per heavy atom. The second-order valence-corrected chi connectivity index (χ2v) is 17.6. The van der Waals surface area contributed by atoms with Crippen LogP contribution < -0.4 is 0 Å². The van der Waals surface area contributed by atoms with Gasteiger partial charge < -0.3 is 9.52 Å². The Morgan fingerprint density at radius 3 is 2.10 bits per heavy atom. The molecular weight excluding hydrogens is 918 g/mol. The molecule has 0 fully saturated rings. The van der Waals surface area contributed by atoms with Crippen LogP contribution in [-0.4, -0.2) is 19.6 Å². The second kappa shape index (κ2) is 14.8. The Balaban J connectivity index is 0.00000462. The average molecular weight is 962 g/mol. The normalized spacial score (nSPS) is 12.1. The number of para-hydroxylation sites is 2. The zero-order chi connectivity index (χ0) is 40.6. The zero-order valence-corrected chi connectivity index (χ0v) is 36.7. The minimum absolute atomic E-state index is 0. The van der Waals surface area contributed by atoms with Crippen LogP contribution >= 0.6 is 0 Å². The Bertz CT molecular complexity index is 3250. The van der Waals surface area contributed by atoms with E-state index in [1.807, 2.05) is 36.5 Å². The van der Waals surface area contributed by atoms with Crippen molar-refractivity contribution in [3.8, 4) is 56.3 Å². The fourth-order valence-electron chi connectivity index (χ4n) is 8.29. The smallest absolute Gasteiger partial charge is 0.152 e. The van der Waals surface area contributed by atoms with Crippen LogP contribution in [0.25, 0.3) is 94.3 Å². The summed E-state index contributed by atoms with van der Waals surface area (Å²) in [6, 6.07) is 54.1. The number of phenols is 1. The predicted molar refractivity (Wildman–Crippen MR) is 243 cm³/mol. The summed E-state index contributed by atoms with van der Waals surface area (Å²) in [5.41, 5.74) is 12.9. The van der Waals surface area contributed by atoms with Crippen LogP contribution in [0.5, 0.6) is 5.75 Å². The number of nitrogens with zero attached hydrogens (tertiary/aromatic N) is 3. The van der Waals surface area contributed by atoms with Crippen molar-refractivity contribution in [2.75, 3.05) is 0 Å². The number of rotatable bonds is 5. The first kappa shape index (κ1) is 39.2. The van der Waals surface area contributed by atoms with Gasteiger partial charge in [0.15, 0.2) is 5.58 Å². The largest absolute Gasteiger partial charge is 0.507 e. The minimum atomic E-state index is -0.169. The van der Waals surface area contributed by atoms with E-state index < -0.39 is 0 Å². The molecule has 1 N–H and O–H groups in total. The molecular formula is C54H44N3O2Pt-. The third-order valence-corrected chi connectivity index (χ3v) is 11.6. The molecule has 0 aliphatic heterocycles. The molecule has 5 nitrogen and oxygen atoms in total. The average Bonchev–Trinajstić information content (AvgIpc) is 3.82. The second-order valence-electron chi connectivity index (χ2n) is 17.6. The van der Waals surface area contributed by atoms with E-state index in [1.165, 1.54) is 5.56 Å². The molecule has 0 amide bonds. The van der Waals surface area contributed by atoms with Gasteiger partial charge in [-0.25, -0.2) is 4.98 Å². The van der Waals surface area contributed by atoms with E-state index in [9.17, 15) is 5.11 Å². The number of hydrogen-bond acceptors (Lipinski definition) is 4. The van der Waals surface area contributed by atoms with Crippen LogP contribution in [0.1, 0.15) is 52.7 Å². The molecule has 298 valence electrons. The number of aromatic hydroxyl groups is 1. The maximum absolute atomic E-state index is 11.4. The van der Waals surface area contributed by atoms with Gasteiger partial charge in [-0.3, -0.25) is 9.55 Å². The summed E-state index contributed by atoms with van der Waals surface area (Å²) in [5, 5.41) is 15.7. The number of phenolic OH excluding ortho intramolecular Hbond substituents is 1. The van der Waals surface area contributed by atoms with E-state index in [0.717, 1.165) is 88.5 Å². The number of furan rings is 1. The minimum Gasteiger partial charge on any atom is -0.507 e. The van der Waals surface area contributed by atoms with Crippen molar-refractivity contribution in [3.63, 3.8) is 0 Å². The summed E-state index contributed by atoms with van der Waals surface area (Å²) in [6.45, 7) is 13.4. The van der Waals surface area contributed by atoms with E-state index in [4.69, 9.17) is 14.4 Å². The third kappa shape index (κ3) is 6.72. The molecule has 0 saturated carbocycles. The summed E-state index contributed by atoms with van der Waals surface area (Å²) in [4.78, 5) is 10.4. The summed E-state index contributed by atoms with van der Waals surface area (Å²) < 4.78 is 8.64. The van der Waals surface area contributed by atoms with Gasteiger partial charge in [0.25, 0.3) is 0 Å². The predicted octanol–water partition coefficient (Wildman–Crippen LogP) is 14.2. The molecule has 0 aliphatic rings. The van der Waals surface area contributed by atoms with Crippen LogP contribution in [0.2, 0.25) is 0 Å². The first-order chi connectivity index (χ1) is 28.4. The third-order valence-electron chi connectivity index (χ3n) is 11.6. The fourth-order valence-corrected chi connectivity index (χ4v) is 8.29. The molecule has 0 bridgehead atoms. The molecule has 7 aromatic carbocycles. The van der Waals surface area contributed by atoms with Crippen molar-refractivity contribution in [3.05, 3.63) is 169 Å². The maximum Gasteiger partial charge on any atom is 0.152 e. The van der Waals surface area contributed by atoms with Crippen molar-refractivity contribution in [1.82, 2.24) is 14.5 Å². The van der Waals surface area contributed by atoms with Crippen LogP contribution in [0, 0.1) is 6.07 Å². The van der Waals surface area contributed by atoms with Crippen LogP contribution in [0.3, 0.4) is 0 Å². The van der Waals surface area contributed by atoms with E-state index in [2.05, 4.69) is 161 Å². The van der Waals surface area contributed by atoms with Crippen molar-refractivity contribution < 1.29 is 30.6 Å². The number of imidazole rings is 1. The van der Waals surface area contributed by atoms with Gasteiger partial charge in [-0.15, -0.1) is 29.3 Å².